The number of nitrogens with zero attached hydrogens (tertiary/aromatic N) is 1. The predicted molar refractivity (Wildman–Crippen MR) is 64.9 cm³/mol. The van der Waals surface area contributed by atoms with Crippen LogP contribution in [0.5, 0.6) is 5.75 Å². The van der Waals surface area contributed by atoms with Crippen molar-refractivity contribution in [1.82, 2.24) is 0 Å². The van der Waals surface area contributed by atoms with Crippen molar-refractivity contribution in [2.75, 3.05) is 24.0 Å². The summed E-state index contributed by atoms with van der Waals surface area (Å²) in [6.45, 7) is 0.658. The first-order chi connectivity index (χ1) is 7.24. The molecule has 0 radical (unpaired) electrons. The van der Waals surface area contributed by atoms with Gasteiger partial charge in [-0.3, -0.25) is 4.42 Å². The number of anilines is 1. The van der Waals surface area contributed by atoms with Gasteiger partial charge in [0.25, 0.3) is 0 Å². The molecule has 0 amide bonds. The number of hydrogen-bond donors (Lipinski definition) is 0. The van der Waals surface area contributed by atoms with Gasteiger partial charge in [-0.2, -0.15) is 0 Å². The van der Waals surface area contributed by atoms with Crippen LogP contribution in [-0.4, -0.2) is 19.5 Å². The van der Waals surface area contributed by atoms with Crippen LogP contribution in [0.3, 0.4) is 0 Å². The molecule has 0 atom stereocenters. The molecule has 15 heavy (non-hydrogen) atoms. The molecule has 0 bridgehead atoms. The van der Waals surface area contributed by atoms with E-state index in [1.807, 2.05) is 18.2 Å². The lowest BCUT2D eigenvalue weighted by molar-refractivity contribution is 0.415. The summed E-state index contributed by atoms with van der Waals surface area (Å²) in [7, 11) is 1.64. The maximum absolute atomic E-state index is 6.13. The molecule has 0 fully saturated rings. The van der Waals surface area contributed by atoms with Gasteiger partial charge in [0, 0.05) is 23.7 Å². The van der Waals surface area contributed by atoms with Gasteiger partial charge in [-0.1, -0.05) is 6.08 Å². The minimum atomic E-state index is 0.509. The monoisotopic (exact) mass is 243 g/mol. The summed E-state index contributed by atoms with van der Waals surface area (Å²) in [6, 6.07) is 5.82. The number of rotatable bonds is 2. The molecule has 2 nitrogen and oxygen atoms in total. The Labute approximate surface area is 99.2 Å². The van der Waals surface area contributed by atoms with Crippen molar-refractivity contribution in [3.05, 3.63) is 29.3 Å². The summed E-state index contributed by atoms with van der Waals surface area (Å²) in [5, 5.41) is 0. The summed E-state index contributed by atoms with van der Waals surface area (Å²) in [6.07, 6.45) is 2.07. The second-order valence-electron chi connectivity index (χ2n) is 3.38. The standard InChI is InChI=1S/C11H11Cl2NO/c1-15-10-3-2-9-4-8(6-12)7-14(13)11(9)5-10/h2-5H,6-7H2,1H3. The molecule has 0 N–H and O–H groups in total. The molecule has 1 aliphatic rings. The molecular formula is C11H11Cl2NO. The number of alkyl halides is 1. The van der Waals surface area contributed by atoms with E-state index in [0.717, 1.165) is 22.6 Å². The van der Waals surface area contributed by atoms with Crippen LogP contribution in [0.25, 0.3) is 6.08 Å². The van der Waals surface area contributed by atoms with Crippen molar-refractivity contribution < 1.29 is 4.74 Å². The molecule has 80 valence electrons. The van der Waals surface area contributed by atoms with Gasteiger partial charge in [0.05, 0.1) is 19.3 Å². The normalized spacial score (nSPS) is 14.6. The van der Waals surface area contributed by atoms with Gasteiger partial charge in [-0.05, 0) is 23.3 Å². The van der Waals surface area contributed by atoms with E-state index in [4.69, 9.17) is 28.1 Å². The zero-order chi connectivity index (χ0) is 10.8. The SMILES string of the molecule is COc1ccc2c(c1)N(Cl)CC(CCl)=C2. The third kappa shape index (κ3) is 2.06. The fourth-order valence-electron chi connectivity index (χ4n) is 1.59. The lowest BCUT2D eigenvalue weighted by Crippen LogP contribution is -2.19. The molecule has 1 aromatic carbocycles. The molecule has 0 unspecified atom stereocenters. The number of fused-ring (bicyclic) bond motifs is 1. The highest BCUT2D eigenvalue weighted by Crippen LogP contribution is 2.33. The first-order valence-electron chi connectivity index (χ1n) is 4.61. The maximum Gasteiger partial charge on any atom is 0.121 e. The third-order valence-corrected chi connectivity index (χ3v) is 3.02. The van der Waals surface area contributed by atoms with Gasteiger partial charge in [0.2, 0.25) is 0 Å². The highest BCUT2D eigenvalue weighted by Gasteiger charge is 2.16. The average molecular weight is 244 g/mol. The first-order valence-corrected chi connectivity index (χ1v) is 5.48. The van der Waals surface area contributed by atoms with Gasteiger partial charge in [0.1, 0.15) is 5.75 Å². The van der Waals surface area contributed by atoms with E-state index < -0.39 is 0 Å². The summed E-state index contributed by atoms with van der Waals surface area (Å²) in [5.74, 6) is 1.32. The number of ether oxygens (including phenoxy) is 1. The van der Waals surface area contributed by atoms with Crippen molar-refractivity contribution in [1.29, 1.82) is 0 Å². The van der Waals surface area contributed by atoms with E-state index in [1.165, 1.54) is 0 Å². The van der Waals surface area contributed by atoms with Gasteiger partial charge >= 0.3 is 0 Å². The highest BCUT2D eigenvalue weighted by atomic mass is 35.5. The molecule has 0 aromatic heterocycles. The fraction of sp³-hybridized carbons (Fsp3) is 0.273. The Morgan fingerprint density at radius 1 is 1.47 bits per heavy atom. The summed E-state index contributed by atoms with van der Waals surface area (Å²) in [5.41, 5.74) is 3.15. The van der Waals surface area contributed by atoms with Gasteiger partial charge in [-0.25, -0.2) is 0 Å². The van der Waals surface area contributed by atoms with Crippen LogP contribution < -0.4 is 9.16 Å². The number of halogens is 2. The van der Waals surface area contributed by atoms with Crippen LogP contribution in [-0.2, 0) is 0 Å². The van der Waals surface area contributed by atoms with E-state index in [9.17, 15) is 0 Å². The van der Waals surface area contributed by atoms with Gasteiger partial charge in [0.15, 0.2) is 0 Å². The van der Waals surface area contributed by atoms with Crippen molar-refractivity contribution in [2.45, 2.75) is 0 Å². The molecule has 0 aliphatic carbocycles. The molecule has 0 spiro atoms. The van der Waals surface area contributed by atoms with Gasteiger partial charge < -0.3 is 4.74 Å². The average Bonchev–Trinajstić information content (AvgIpc) is 2.28. The highest BCUT2D eigenvalue weighted by molar-refractivity contribution is 6.27. The Bertz CT molecular complexity index is 404. The minimum absolute atomic E-state index is 0.509. The molecule has 1 aromatic rings. The minimum Gasteiger partial charge on any atom is -0.497 e. The van der Waals surface area contributed by atoms with Crippen molar-refractivity contribution in [2.24, 2.45) is 0 Å². The molecular weight excluding hydrogens is 233 g/mol. The molecule has 0 saturated carbocycles. The Kier molecular flexibility index (Phi) is 3.08. The fourth-order valence-corrected chi connectivity index (χ4v) is 2.05. The molecule has 1 heterocycles. The topological polar surface area (TPSA) is 12.5 Å². The maximum atomic E-state index is 6.13. The molecule has 1 aliphatic heterocycles. The summed E-state index contributed by atoms with van der Waals surface area (Å²) in [4.78, 5) is 0. The van der Waals surface area contributed by atoms with Crippen molar-refractivity contribution in [3.8, 4) is 5.75 Å². The Hall–Kier alpha value is -0.860. The van der Waals surface area contributed by atoms with Gasteiger partial charge in [-0.15, -0.1) is 11.6 Å². The molecule has 0 saturated heterocycles. The van der Waals surface area contributed by atoms with E-state index >= 15 is 0 Å². The van der Waals surface area contributed by atoms with Crippen LogP contribution in [0, 0.1) is 0 Å². The smallest absolute Gasteiger partial charge is 0.121 e. The molecule has 2 rings (SSSR count). The van der Waals surface area contributed by atoms with Crippen molar-refractivity contribution >= 4 is 35.1 Å². The quantitative estimate of drug-likeness (QED) is 0.584. The van der Waals surface area contributed by atoms with Crippen LogP contribution in [0.4, 0.5) is 5.69 Å². The summed E-state index contributed by atoms with van der Waals surface area (Å²) >= 11 is 11.9. The lowest BCUT2D eigenvalue weighted by atomic mass is 10.1. The van der Waals surface area contributed by atoms with Crippen LogP contribution in [0.1, 0.15) is 5.56 Å². The van der Waals surface area contributed by atoms with Crippen molar-refractivity contribution in [3.63, 3.8) is 0 Å². The first kappa shape index (κ1) is 10.7. The Morgan fingerprint density at radius 3 is 2.93 bits per heavy atom. The van der Waals surface area contributed by atoms with E-state index in [2.05, 4.69) is 6.08 Å². The Balaban J connectivity index is 2.44. The summed E-state index contributed by atoms with van der Waals surface area (Å²) < 4.78 is 6.81. The number of hydrogen-bond acceptors (Lipinski definition) is 2. The third-order valence-electron chi connectivity index (χ3n) is 2.37. The number of benzene rings is 1. The predicted octanol–water partition coefficient (Wildman–Crippen LogP) is 3.29. The van der Waals surface area contributed by atoms with Crippen LogP contribution >= 0.6 is 23.4 Å². The van der Waals surface area contributed by atoms with E-state index in [-0.39, 0.29) is 0 Å². The zero-order valence-corrected chi connectivity index (χ0v) is 9.85. The molecule has 4 heteroatoms. The number of methoxy groups -OCH3 is 1. The Morgan fingerprint density at radius 2 is 2.27 bits per heavy atom. The largest absolute Gasteiger partial charge is 0.497 e. The van der Waals surface area contributed by atoms with Crippen LogP contribution in [0.2, 0.25) is 0 Å². The second-order valence-corrected chi connectivity index (χ2v) is 4.06. The lowest BCUT2D eigenvalue weighted by Gasteiger charge is -2.24. The van der Waals surface area contributed by atoms with E-state index in [0.29, 0.717) is 12.4 Å². The second kappa shape index (κ2) is 4.33. The zero-order valence-electron chi connectivity index (χ0n) is 8.34. The van der Waals surface area contributed by atoms with E-state index in [1.54, 1.807) is 11.5 Å². The van der Waals surface area contributed by atoms with Crippen LogP contribution in [0.15, 0.2) is 23.8 Å².